The molecule has 0 heterocycles. The van der Waals surface area contributed by atoms with Gasteiger partial charge in [-0.15, -0.1) is 0 Å². The fourth-order valence-corrected chi connectivity index (χ4v) is 1.58. The fourth-order valence-electron chi connectivity index (χ4n) is 1.58. The van der Waals surface area contributed by atoms with E-state index in [9.17, 15) is 9.59 Å². The van der Waals surface area contributed by atoms with E-state index in [1.807, 2.05) is 32.9 Å². The molecule has 18 heavy (non-hydrogen) atoms. The van der Waals surface area contributed by atoms with Crippen molar-refractivity contribution in [1.29, 1.82) is 0 Å². The summed E-state index contributed by atoms with van der Waals surface area (Å²) in [5.74, 6) is -0.363. The van der Waals surface area contributed by atoms with Gasteiger partial charge in [0.2, 0.25) is 5.91 Å². The Morgan fingerprint density at radius 2 is 1.89 bits per heavy atom. The van der Waals surface area contributed by atoms with Crippen molar-refractivity contribution in [2.75, 3.05) is 13.1 Å². The number of rotatable bonds is 5. The predicted molar refractivity (Wildman–Crippen MR) is 71.5 cm³/mol. The molecule has 1 aromatic carbocycles. The molecule has 0 radical (unpaired) electrons. The average Bonchev–Trinajstić information content (AvgIpc) is 2.36. The minimum absolute atomic E-state index is 0.0201. The Hall–Kier alpha value is -1.84. The van der Waals surface area contributed by atoms with Gasteiger partial charge in [0.05, 0.1) is 6.54 Å². The second kappa shape index (κ2) is 6.79. The zero-order valence-corrected chi connectivity index (χ0v) is 11.2. The van der Waals surface area contributed by atoms with E-state index in [4.69, 9.17) is 0 Å². The minimum atomic E-state index is -0.206. The minimum Gasteiger partial charge on any atom is -0.355 e. The highest BCUT2D eigenvalue weighted by atomic mass is 16.2. The molecule has 0 aliphatic rings. The highest BCUT2D eigenvalue weighted by Crippen LogP contribution is 2.12. The lowest BCUT2D eigenvalue weighted by Gasteiger charge is -2.09. The van der Waals surface area contributed by atoms with Crippen LogP contribution in [0.1, 0.15) is 34.8 Å². The number of carbonyl (C=O) groups excluding carboxylic acids is 2. The van der Waals surface area contributed by atoms with Crippen molar-refractivity contribution in [2.45, 2.75) is 27.2 Å². The Bertz CT molecular complexity index is 441. The largest absolute Gasteiger partial charge is 0.355 e. The molecule has 0 saturated heterocycles. The Balaban J connectivity index is 2.55. The first-order valence-electron chi connectivity index (χ1n) is 6.17. The van der Waals surface area contributed by atoms with Gasteiger partial charge in [-0.05, 0) is 37.5 Å². The number of hydrogen-bond acceptors (Lipinski definition) is 2. The normalized spacial score (nSPS) is 9.94. The second-order valence-corrected chi connectivity index (χ2v) is 4.28. The summed E-state index contributed by atoms with van der Waals surface area (Å²) in [7, 11) is 0. The molecule has 2 amide bonds. The number of amides is 2. The Kier molecular flexibility index (Phi) is 5.36. The van der Waals surface area contributed by atoms with E-state index in [1.165, 1.54) is 0 Å². The van der Waals surface area contributed by atoms with Crippen LogP contribution in [-0.4, -0.2) is 24.9 Å². The molecule has 98 valence electrons. The molecule has 0 aliphatic heterocycles. The number of hydrogen-bond donors (Lipinski definition) is 2. The van der Waals surface area contributed by atoms with E-state index >= 15 is 0 Å². The summed E-state index contributed by atoms with van der Waals surface area (Å²) in [6, 6.07) is 5.57. The van der Waals surface area contributed by atoms with Crippen molar-refractivity contribution in [1.82, 2.24) is 10.6 Å². The average molecular weight is 248 g/mol. The van der Waals surface area contributed by atoms with E-state index < -0.39 is 0 Å². The molecule has 0 bridgehead atoms. The molecule has 1 aromatic rings. The molecule has 0 unspecified atom stereocenters. The summed E-state index contributed by atoms with van der Waals surface area (Å²) in [5, 5.41) is 5.34. The maximum Gasteiger partial charge on any atom is 0.251 e. The van der Waals surface area contributed by atoms with Crippen molar-refractivity contribution >= 4 is 11.8 Å². The zero-order valence-electron chi connectivity index (χ0n) is 11.2. The topological polar surface area (TPSA) is 58.2 Å². The standard InChI is InChI=1S/C14H20N2O2/c1-4-8-15-13(17)9-16-14(18)12-7-5-6-10(2)11(12)3/h5-7H,4,8-9H2,1-3H3,(H,15,17)(H,16,18). The van der Waals surface area contributed by atoms with E-state index in [2.05, 4.69) is 10.6 Å². The van der Waals surface area contributed by atoms with Crippen molar-refractivity contribution in [3.8, 4) is 0 Å². The van der Waals surface area contributed by atoms with Gasteiger partial charge in [0.15, 0.2) is 0 Å². The van der Waals surface area contributed by atoms with Crippen molar-refractivity contribution in [3.05, 3.63) is 34.9 Å². The Labute approximate surface area is 108 Å². The lowest BCUT2D eigenvalue weighted by Crippen LogP contribution is -2.37. The van der Waals surface area contributed by atoms with Crippen LogP contribution in [0.4, 0.5) is 0 Å². The predicted octanol–water partition coefficient (Wildman–Crippen LogP) is 1.56. The molecule has 0 spiro atoms. The zero-order chi connectivity index (χ0) is 13.5. The van der Waals surface area contributed by atoms with Crippen LogP contribution in [0.5, 0.6) is 0 Å². The molecule has 1 rings (SSSR count). The molecular weight excluding hydrogens is 228 g/mol. The molecule has 0 fully saturated rings. The van der Waals surface area contributed by atoms with Crippen LogP contribution >= 0.6 is 0 Å². The third kappa shape index (κ3) is 3.87. The Morgan fingerprint density at radius 1 is 1.17 bits per heavy atom. The lowest BCUT2D eigenvalue weighted by atomic mass is 10.0. The number of nitrogens with one attached hydrogen (secondary N) is 2. The smallest absolute Gasteiger partial charge is 0.251 e. The van der Waals surface area contributed by atoms with Crippen molar-refractivity contribution < 1.29 is 9.59 Å². The van der Waals surface area contributed by atoms with Crippen molar-refractivity contribution in [3.63, 3.8) is 0 Å². The monoisotopic (exact) mass is 248 g/mol. The van der Waals surface area contributed by atoms with Crippen LogP contribution in [0.25, 0.3) is 0 Å². The highest BCUT2D eigenvalue weighted by molar-refractivity contribution is 5.97. The molecular formula is C14H20N2O2. The molecule has 0 aliphatic carbocycles. The quantitative estimate of drug-likeness (QED) is 0.830. The van der Waals surface area contributed by atoms with E-state index in [-0.39, 0.29) is 18.4 Å². The SMILES string of the molecule is CCCNC(=O)CNC(=O)c1cccc(C)c1C. The van der Waals surface area contributed by atoms with E-state index in [1.54, 1.807) is 6.07 Å². The third-order valence-electron chi connectivity index (χ3n) is 2.83. The van der Waals surface area contributed by atoms with Crippen LogP contribution in [0.2, 0.25) is 0 Å². The van der Waals surface area contributed by atoms with Gasteiger partial charge in [0, 0.05) is 12.1 Å². The molecule has 0 aromatic heterocycles. The molecule has 4 nitrogen and oxygen atoms in total. The van der Waals surface area contributed by atoms with E-state index in [0.29, 0.717) is 12.1 Å². The molecule has 0 atom stereocenters. The van der Waals surface area contributed by atoms with Crippen LogP contribution < -0.4 is 10.6 Å². The summed E-state index contributed by atoms with van der Waals surface area (Å²) in [6.45, 7) is 6.50. The summed E-state index contributed by atoms with van der Waals surface area (Å²) in [6.07, 6.45) is 0.886. The van der Waals surface area contributed by atoms with Gasteiger partial charge in [0.25, 0.3) is 5.91 Å². The van der Waals surface area contributed by atoms with Gasteiger partial charge in [-0.25, -0.2) is 0 Å². The van der Waals surface area contributed by atoms with Crippen LogP contribution in [-0.2, 0) is 4.79 Å². The lowest BCUT2D eigenvalue weighted by molar-refractivity contribution is -0.120. The second-order valence-electron chi connectivity index (χ2n) is 4.28. The first-order chi connectivity index (χ1) is 8.56. The molecule has 0 saturated carbocycles. The summed E-state index contributed by atoms with van der Waals surface area (Å²) < 4.78 is 0. The number of aryl methyl sites for hydroxylation is 1. The van der Waals surface area contributed by atoms with Crippen molar-refractivity contribution in [2.24, 2.45) is 0 Å². The first kappa shape index (κ1) is 14.2. The van der Waals surface area contributed by atoms with Gasteiger partial charge in [-0.3, -0.25) is 9.59 Å². The van der Waals surface area contributed by atoms with E-state index in [0.717, 1.165) is 17.5 Å². The van der Waals surface area contributed by atoms with Gasteiger partial charge >= 0.3 is 0 Å². The van der Waals surface area contributed by atoms with Gasteiger partial charge < -0.3 is 10.6 Å². The summed E-state index contributed by atoms with van der Waals surface area (Å²) >= 11 is 0. The maximum absolute atomic E-state index is 11.9. The van der Waals surface area contributed by atoms with Crippen LogP contribution in [0.3, 0.4) is 0 Å². The van der Waals surface area contributed by atoms with Gasteiger partial charge in [-0.1, -0.05) is 19.1 Å². The fraction of sp³-hybridized carbons (Fsp3) is 0.429. The van der Waals surface area contributed by atoms with Crippen LogP contribution in [0, 0.1) is 13.8 Å². The molecule has 4 heteroatoms. The Morgan fingerprint density at radius 3 is 2.56 bits per heavy atom. The third-order valence-corrected chi connectivity index (χ3v) is 2.83. The maximum atomic E-state index is 11.9. The van der Waals surface area contributed by atoms with Crippen LogP contribution in [0.15, 0.2) is 18.2 Å². The number of carbonyl (C=O) groups is 2. The highest BCUT2D eigenvalue weighted by Gasteiger charge is 2.10. The molecule has 2 N–H and O–H groups in total. The van der Waals surface area contributed by atoms with Gasteiger partial charge in [0.1, 0.15) is 0 Å². The number of benzene rings is 1. The first-order valence-corrected chi connectivity index (χ1v) is 6.17. The van der Waals surface area contributed by atoms with Gasteiger partial charge in [-0.2, -0.15) is 0 Å². The summed E-state index contributed by atoms with van der Waals surface area (Å²) in [4.78, 5) is 23.3. The summed E-state index contributed by atoms with van der Waals surface area (Å²) in [5.41, 5.74) is 2.64.